The molecule has 1 aliphatic carbocycles. The fraction of sp³-hybridized carbons (Fsp3) is 0.381. The fourth-order valence-corrected chi connectivity index (χ4v) is 4.19. The molecule has 6 nitrogen and oxygen atoms in total. The van der Waals surface area contributed by atoms with Crippen molar-refractivity contribution >= 4 is 34.2 Å². The number of ketones is 1. The third kappa shape index (κ3) is 3.62. The number of carbonyl (C=O) groups is 1. The molecule has 1 aliphatic rings. The number of H-pyrrole nitrogens is 1. The van der Waals surface area contributed by atoms with Gasteiger partial charge in [0.15, 0.2) is 5.78 Å². The van der Waals surface area contributed by atoms with Gasteiger partial charge in [0.25, 0.3) is 0 Å². The van der Waals surface area contributed by atoms with Crippen LogP contribution in [0.4, 0.5) is 5.82 Å². The van der Waals surface area contributed by atoms with Crippen molar-refractivity contribution in [3.63, 3.8) is 0 Å². The Kier molecular flexibility index (Phi) is 5.33. The highest BCUT2D eigenvalue weighted by Crippen LogP contribution is 2.30. The van der Waals surface area contributed by atoms with E-state index in [2.05, 4.69) is 39.3 Å². The molecule has 1 aromatic carbocycles. The zero-order valence-electron chi connectivity index (χ0n) is 16.1. The smallest absolute Gasteiger partial charge is 0.196 e. The van der Waals surface area contributed by atoms with Crippen LogP contribution in [-0.2, 0) is 0 Å². The number of carbonyl (C=O) groups excluding carboxylic acids is 1. The predicted molar refractivity (Wildman–Crippen MR) is 112 cm³/mol. The first-order chi connectivity index (χ1) is 13.5. The van der Waals surface area contributed by atoms with Gasteiger partial charge in [-0.05, 0) is 51.9 Å². The number of benzene rings is 1. The quantitative estimate of drug-likeness (QED) is 0.633. The summed E-state index contributed by atoms with van der Waals surface area (Å²) in [6, 6.07) is 8.06. The monoisotopic (exact) mass is 397 g/mol. The van der Waals surface area contributed by atoms with Crippen LogP contribution in [0, 0.1) is 0 Å². The van der Waals surface area contributed by atoms with Gasteiger partial charge in [-0.2, -0.15) is 0 Å². The SMILES string of the molecule is CN(C)[C@H]1CC[C@@H](Nc2ncnc3[nH]cc(C(=O)c4ccccc4Cl)c23)CC1. The molecule has 0 bridgehead atoms. The van der Waals surface area contributed by atoms with Crippen molar-refractivity contribution in [2.24, 2.45) is 0 Å². The maximum Gasteiger partial charge on any atom is 0.196 e. The van der Waals surface area contributed by atoms with Gasteiger partial charge < -0.3 is 15.2 Å². The summed E-state index contributed by atoms with van der Waals surface area (Å²) in [5.74, 6) is 0.570. The van der Waals surface area contributed by atoms with Crippen molar-refractivity contribution in [2.75, 3.05) is 19.4 Å². The average Bonchev–Trinajstić information content (AvgIpc) is 3.13. The Labute approximate surface area is 169 Å². The lowest BCUT2D eigenvalue weighted by molar-refractivity contribution is 0.104. The molecule has 0 saturated heterocycles. The number of aromatic nitrogens is 3. The number of anilines is 1. The van der Waals surface area contributed by atoms with Crippen LogP contribution in [0.2, 0.25) is 5.02 Å². The molecule has 2 heterocycles. The van der Waals surface area contributed by atoms with E-state index in [4.69, 9.17) is 11.6 Å². The van der Waals surface area contributed by atoms with E-state index in [0.717, 1.165) is 31.1 Å². The zero-order chi connectivity index (χ0) is 19.7. The summed E-state index contributed by atoms with van der Waals surface area (Å²) in [6.45, 7) is 0. The number of nitrogens with zero attached hydrogens (tertiary/aromatic N) is 3. The van der Waals surface area contributed by atoms with Gasteiger partial charge in [0.1, 0.15) is 17.8 Å². The summed E-state index contributed by atoms with van der Waals surface area (Å²) in [7, 11) is 4.28. The lowest BCUT2D eigenvalue weighted by Gasteiger charge is -2.33. The third-order valence-corrected chi connectivity index (χ3v) is 5.93. The number of aromatic amines is 1. The van der Waals surface area contributed by atoms with Crippen LogP contribution < -0.4 is 5.32 Å². The topological polar surface area (TPSA) is 73.9 Å². The largest absolute Gasteiger partial charge is 0.367 e. The van der Waals surface area contributed by atoms with Crippen molar-refractivity contribution in [1.82, 2.24) is 19.9 Å². The minimum absolute atomic E-state index is 0.133. The molecule has 7 heteroatoms. The Morgan fingerprint density at radius 2 is 1.89 bits per heavy atom. The van der Waals surface area contributed by atoms with Crippen molar-refractivity contribution in [1.29, 1.82) is 0 Å². The molecule has 4 rings (SSSR count). The Hall–Kier alpha value is -2.44. The first-order valence-corrected chi connectivity index (χ1v) is 9.96. The van der Waals surface area contributed by atoms with Gasteiger partial charge in [-0.15, -0.1) is 0 Å². The van der Waals surface area contributed by atoms with Crippen molar-refractivity contribution in [3.05, 3.63) is 52.9 Å². The Morgan fingerprint density at radius 3 is 2.61 bits per heavy atom. The standard InChI is InChI=1S/C21H24ClN5O/c1-27(2)14-9-7-13(8-10-14)26-21-18-16(11-23-20(18)24-12-25-21)19(28)15-5-3-4-6-17(15)22/h3-6,11-14H,7-10H2,1-2H3,(H2,23,24,25,26)/t13-,14+. The molecule has 0 aliphatic heterocycles. The van der Waals surface area contributed by atoms with E-state index in [0.29, 0.717) is 39.7 Å². The highest BCUT2D eigenvalue weighted by atomic mass is 35.5. The molecular weight excluding hydrogens is 374 g/mol. The van der Waals surface area contributed by atoms with Gasteiger partial charge in [0.2, 0.25) is 0 Å². The maximum absolute atomic E-state index is 13.1. The van der Waals surface area contributed by atoms with Gasteiger partial charge in [-0.1, -0.05) is 23.7 Å². The van der Waals surface area contributed by atoms with Crippen LogP contribution in [0.3, 0.4) is 0 Å². The molecule has 28 heavy (non-hydrogen) atoms. The molecule has 1 saturated carbocycles. The second-order valence-electron chi connectivity index (χ2n) is 7.57. The minimum Gasteiger partial charge on any atom is -0.367 e. The summed E-state index contributed by atoms with van der Waals surface area (Å²) >= 11 is 6.24. The second-order valence-corrected chi connectivity index (χ2v) is 7.98. The first-order valence-electron chi connectivity index (χ1n) is 9.59. The second kappa shape index (κ2) is 7.89. The number of hydrogen-bond donors (Lipinski definition) is 2. The molecule has 146 valence electrons. The molecule has 2 aromatic heterocycles. The summed E-state index contributed by atoms with van der Waals surface area (Å²) in [4.78, 5) is 27.2. The molecule has 0 spiro atoms. The van der Waals surface area contributed by atoms with E-state index in [1.807, 2.05) is 12.1 Å². The van der Waals surface area contributed by atoms with Gasteiger partial charge >= 0.3 is 0 Å². The summed E-state index contributed by atoms with van der Waals surface area (Å²) < 4.78 is 0. The number of rotatable bonds is 5. The van der Waals surface area contributed by atoms with Crippen molar-refractivity contribution in [3.8, 4) is 0 Å². The normalized spacial score (nSPS) is 19.9. The summed E-state index contributed by atoms with van der Waals surface area (Å²) in [5.41, 5.74) is 1.66. The summed E-state index contributed by atoms with van der Waals surface area (Å²) in [5, 5.41) is 4.72. The van der Waals surface area contributed by atoms with Gasteiger partial charge in [0, 0.05) is 23.8 Å². The van der Waals surface area contributed by atoms with E-state index < -0.39 is 0 Å². The molecule has 0 radical (unpaired) electrons. The van der Waals surface area contributed by atoms with Crippen LogP contribution in [0.5, 0.6) is 0 Å². The van der Waals surface area contributed by atoms with Gasteiger partial charge in [-0.3, -0.25) is 4.79 Å². The number of hydrogen-bond acceptors (Lipinski definition) is 5. The van der Waals surface area contributed by atoms with Crippen molar-refractivity contribution in [2.45, 2.75) is 37.8 Å². The van der Waals surface area contributed by atoms with Gasteiger partial charge in [-0.25, -0.2) is 9.97 Å². The highest BCUT2D eigenvalue weighted by Gasteiger charge is 2.25. The van der Waals surface area contributed by atoms with Crippen LogP contribution >= 0.6 is 11.6 Å². The zero-order valence-corrected chi connectivity index (χ0v) is 16.8. The van der Waals surface area contributed by atoms with Crippen LogP contribution in [-0.4, -0.2) is 51.8 Å². The Morgan fingerprint density at radius 1 is 1.14 bits per heavy atom. The fourth-order valence-electron chi connectivity index (χ4n) is 3.97. The number of halogens is 1. The minimum atomic E-state index is -0.133. The van der Waals surface area contributed by atoms with Crippen LogP contribution in [0.15, 0.2) is 36.8 Å². The van der Waals surface area contributed by atoms with Crippen LogP contribution in [0.25, 0.3) is 11.0 Å². The van der Waals surface area contributed by atoms with Gasteiger partial charge in [0.05, 0.1) is 16.0 Å². The first kappa shape index (κ1) is 18.9. The van der Waals surface area contributed by atoms with E-state index in [-0.39, 0.29) is 5.78 Å². The molecular formula is C21H24ClN5O. The molecule has 3 aromatic rings. The summed E-state index contributed by atoms with van der Waals surface area (Å²) in [6.07, 6.45) is 7.67. The maximum atomic E-state index is 13.1. The Balaban J connectivity index is 1.63. The Bertz CT molecular complexity index is 991. The number of nitrogens with one attached hydrogen (secondary N) is 2. The lowest BCUT2D eigenvalue weighted by Crippen LogP contribution is -2.36. The molecule has 2 N–H and O–H groups in total. The lowest BCUT2D eigenvalue weighted by atomic mass is 9.90. The van der Waals surface area contributed by atoms with Crippen LogP contribution in [0.1, 0.15) is 41.6 Å². The van der Waals surface area contributed by atoms with Crippen molar-refractivity contribution < 1.29 is 4.79 Å². The van der Waals surface area contributed by atoms with E-state index in [9.17, 15) is 4.79 Å². The average molecular weight is 398 g/mol. The van der Waals surface area contributed by atoms with E-state index in [1.165, 1.54) is 6.33 Å². The molecule has 0 atom stereocenters. The molecule has 0 amide bonds. The third-order valence-electron chi connectivity index (χ3n) is 5.60. The number of fused-ring (bicyclic) bond motifs is 1. The predicted octanol–water partition coefficient (Wildman–Crippen LogP) is 4.13. The van der Waals surface area contributed by atoms with E-state index >= 15 is 0 Å². The molecule has 1 fully saturated rings. The molecule has 0 unspecified atom stereocenters. The van der Waals surface area contributed by atoms with E-state index in [1.54, 1.807) is 18.3 Å². The highest BCUT2D eigenvalue weighted by molar-refractivity contribution is 6.35.